The van der Waals surface area contributed by atoms with Crippen molar-refractivity contribution in [3.05, 3.63) is 70.9 Å². The van der Waals surface area contributed by atoms with Crippen LogP contribution in [0.1, 0.15) is 45.8 Å². The first-order valence-corrected chi connectivity index (χ1v) is 9.22. The summed E-state index contributed by atoms with van der Waals surface area (Å²) in [5, 5.41) is 0.929. The lowest BCUT2D eigenvalue weighted by atomic mass is 10.0. The maximum Gasteiger partial charge on any atom is 0.337 e. The van der Waals surface area contributed by atoms with Crippen LogP contribution in [0.25, 0.3) is 10.9 Å². The Kier molecular flexibility index (Phi) is 5.45. The number of esters is 1. The lowest BCUT2D eigenvalue weighted by molar-refractivity contribution is 0.0600. The second-order valence-electron chi connectivity index (χ2n) is 7.08. The topological polar surface area (TPSA) is 59.5 Å². The van der Waals surface area contributed by atoms with Crippen LogP contribution in [-0.2, 0) is 4.74 Å². The van der Waals surface area contributed by atoms with E-state index in [9.17, 15) is 9.59 Å². The molecule has 0 saturated heterocycles. The number of benzene rings is 2. The molecule has 0 saturated carbocycles. The van der Waals surface area contributed by atoms with Crippen LogP contribution in [0, 0.1) is 13.8 Å². The third-order valence-electron chi connectivity index (χ3n) is 4.76. The van der Waals surface area contributed by atoms with Crippen LogP contribution in [0.5, 0.6) is 0 Å². The van der Waals surface area contributed by atoms with E-state index < -0.39 is 5.97 Å². The molecular formula is C23H24N2O3. The first kappa shape index (κ1) is 19.5. The van der Waals surface area contributed by atoms with Gasteiger partial charge in [-0.05, 0) is 63.6 Å². The third-order valence-corrected chi connectivity index (χ3v) is 4.76. The molecule has 3 aromatic rings. The zero-order valence-corrected chi connectivity index (χ0v) is 16.8. The van der Waals surface area contributed by atoms with Gasteiger partial charge in [-0.15, -0.1) is 0 Å². The highest BCUT2D eigenvalue weighted by Crippen LogP contribution is 2.27. The summed E-state index contributed by atoms with van der Waals surface area (Å²) in [4.78, 5) is 31.6. The third kappa shape index (κ3) is 3.60. The van der Waals surface area contributed by atoms with Crippen LogP contribution in [0.3, 0.4) is 0 Å². The molecule has 28 heavy (non-hydrogen) atoms. The van der Waals surface area contributed by atoms with Gasteiger partial charge in [0.25, 0.3) is 5.91 Å². The minimum Gasteiger partial charge on any atom is -0.465 e. The number of rotatable bonds is 4. The summed E-state index contributed by atoms with van der Waals surface area (Å²) in [7, 11) is 1.35. The van der Waals surface area contributed by atoms with Crippen LogP contribution in [0.4, 0.5) is 5.69 Å². The zero-order chi connectivity index (χ0) is 20.4. The lowest BCUT2D eigenvalue weighted by Crippen LogP contribution is -2.38. The van der Waals surface area contributed by atoms with Crippen molar-refractivity contribution in [2.45, 2.75) is 33.7 Å². The Hall–Kier alpha value is -3.21. The van der Waals surface area contributed by atoms with E-state index in [-0.39, 0.29) is 11.9 Å². The molecule has 5 heteroatoms. The number of nitrogens with zero attached hydrogens (tertiary/aromatic N) is 2. The number of fused-ring (bicyclic) bond motifs is 1. The molecule has 1 aromatic heterocycles. The fourth-order valence-corrected chi connectivity index (χ4v) is 3.35. The number of pyridine rings is 1. The maximum absolute atomic E-state index is 13.5. The average molecular weight is 376 g/mol. The molecule has 0 unspecified atom stereocenters. The number of ether oxygens (including phenoxy) is 1. The fourth-order valence-electron chi connectivity index (χ4n) is 3.35. The number of anilines is 1. The molecule has 5 nitrogen and oxygen atoms in total. The predicted octanol–water partition coefficient (Wildman–Crippen LogP) is 4.69. The minimum absolute atomic E-state index is 0.0685. The smallest absolute Gasteiger partial charge is 0.337 e. The summed E-state index contributed by atoms with van der Waals surface area (Å²) in [6.45, 7) is 7.67. The largest absolute Gasteiger partial charge is 0.465 e. The van der Waals surface area contributed by atoms with Gasteiger partial charge < -0.3 is 9.64 Å². The number of para-hydroxylation sites is 1. The van der Waals surface area contributed by atoms with Crippen molar-refractivity contribution in [2.75, 3.05) is 12.0 Å². The minimum atomic E-state index is -0.397. The first-order chi connectivity index (χ1) is 13.3. The molecule has 0 atom stereocenters. The van der Waals surface area contributed by atoms with Crippen LogP contribution in [-0.4, -0.2) is 30.0 Å². The SMILES string of the molecule is COC(=O)c1ccc(N(C(=O)c2cc3ccccc3nc2C)C(C)C)c(C)c1. The normalized spacial score (nSPS) is 10.9. The standard InChI is InChI=1S/C23H24N2O3/c1-14(2)25(21-11-10-18(12-15(21)3)23(27)28-5)22(26)19-13-17-8-6-7-9-20(17)24-16(19)4/h6-14H,1-5H3. The van der Waals surface area contributed by atoms with Gasteiger partial charge in [0.2, 0.25) is 0 Å². The van der Waals surface area contributed by atoms with E-state index in [0.717, 1.165) is 22.2 Å². The van der Waals surface area contributed by atoms with Gasteiger partial charge >= 0.3 is 5.97 Å². The highest BCUT2D eigenvalue weighted by Gasteiger charge is 2.25. The van der Waals surface area contributed by atoms with Gasteiger partial charge in [0.15, 0.2) is 0 Å². The average Bonchev–Trinajstić information content (AvgIpc) is 2.67. The summed E-state index contributed by atoms with van der Waals surface area (Å²) in [6, 6.07) is 14.8. The molecule has 0 N–H and O–H groups in total. The molecule has 0 spiro atoms. The summed E-state index contributed by atoms with van der Waals surface area (Å²) in [6.07, 6.45) is 0. The highest BCUT2D eigenvalue weighted by molar-refractivity contribution is 6.09. The Morgan fingerprint density at radius 2 is 1.75 bits per heavy atom. The van der Waals surface area contributed by atoms with E-state index in [1.165, 1.54) is 7.11 Å². The summed E-state index contributed by atoms with van der Waals surface area (Å²) in [5.74, 6) is -0.508. The lowest BCUT2D eigenvalue weighted by Gasteiger charge is -2.29. The van der Waals surface area contributed by atoms with Crippen molar-refractivity contribution in [1.29, 1.82) is 0 Å². The van der Waals surface area contributed by atoms with Crippen LogP contribution in [0.15, 0.2) is 48.5 Å². The van der Waals surface area contributed by atoms with Crippen molar-refractivity contribution < 1.29 is 14.3 Å². The van der Waals surface area contributed by atoms with Gasteiger partial charge in [-0.3, -0.25) is 9.78 Å². The first-order valence-electron chi connectivity index (χ1n) is 9.22. The molecule has 0 aliphatic heterocycles. The van der Waals surface area contributed by atoms with E-state index >= 15 is 0 Å². The monoisotopic (exact) mass is 376 g/mol. The van der Waals surface area contributed by atoms with E-state index in [0.29, 0.717) is 16.8 Å². The number of methoxy groups -OCH3 is 1. The Morgan fingerprint density at radius 1 is 1.04 bits per heavy atom. The van der Waals surface area contributed by atoms with E-state index in [4.69, 9.17) is 4.74 Å². The van der Waals surface area contributed by atoms with Gasteiger partial charge in [0.1, 0.15) is 0 Å². The second kappa shape index (κ2) is 7.80. The van der Waals surface area contributed by atoms with Gasteiger partial charge in [0.05, 0.1) is 29.4 Å². The molecule has 0 radical (unpaired) electrons. The quantitative estimate of drug-likeness (QED) is 0.620. The Labute approximate surface area is 165 Å². The van der Waals surface area contributed by atoms with Gasteiger partial charge in [-0.25, -0.2) is 4.79 Å². The highest BCUT2D eigenvalue weighted by atomic mass is 16.5. The van der Waals surface area contributed by atoms with Crippen molar-refractivity contribution in [3.63, 3.8) is 0 Å². The van der Waals surface area contributed by atoms with Crippen molar-refractivity contribution in [1.82, 2.24) is 4.98 Å². The molecular weight excluding hydrogens is 352 g/mol. The van der Waals surface area contributed by atoms with Crippen LogP contribution < -0.4 is 4.90 Å². The number of aromatic nitrogens is 1. The molecule has 144 valence electrons. The van der Waals surface area contributed by atoms with E-state index in [1.807, 2.05) is 58.0 Å². The number of carbonyl (C=O) groups excluding carboxylic acids is 2. The van der Waals surface area contributed by atoms with E-state index in [2.05, 4.69) is 4.98 Å². The Balaban J connectivity index is 2.07. The summed E-state index contributed by atoms with van der Waals surface area (Å²) in [5.41, 5.74) is 4.19. The Bertz CT molecular complexity index is 1060. The van der Waals surface area contributed by atoms with Gasteiger partial charge in [0, 0.05) is 17.1 Å². The number of hydrogen-bond acceptors (Lipinski definition) is 4. The second-order valence-corrected chi connectivity index (χ2v) is 7.08. The summed E-state index contributed by atoms with van der Waals surface area (Å²) < 4.78 is 4.78. The predicted molar refractivity (Wildman–Crippen MR) is 111 cm³/mol. The van der Waals surface area contributed by atoms with Crippen LogP contribution >= 0.6 is 0 Å². The van der Waals surface area contributed by atoms with Crippen molar-refractivity contribution in [2.24, 2.45) is 0 Å². The summed E-state index contributed by atoms with van der Waals surface area (Å²) >= 11 is 0. The van der Waals surface area contributed by atoms with E-state index in [1.54, 1.807) is 23.1 Å². The number of amides is 1. The van der Waals surface area contributed by atoms with Crippen molar-refractivity contribution >= 4 is 28.5 Å². The number of carbonyl (C=O) groups is 2. The molecule has 0 bridgehead atoms. The van der Waals surface area contributed by atoms with Crippen LogP contribution in [0.2, 0.25) is 0 Å². The zero-order valence-electron chi connectivity index (χ0n) is 16.8. The molecule has 0 fully saturated rings. The molecule has 1 heterocycles. The number of aryl methyl sites for hydroxylation is 2. The van der Waals surface area contributed by atoms with Gasteiger partial charge in [-0.2, -0.15) is 0 Å². The molecule has 0 aliphatic carbocycles. The molecule has 2 aromatic carbocycles. The number of hydrogen-bond donors (Lipinski definition) is 0. The molecule has 3 rings (SSSR count). The Morgan fingerprint density at radius 3 is 2.39 bits per heavy atom. The maximum atomic E-state index is 13.5. The fraction of sp³-hybridized carbons (Fsp3) is 0.261. The van der Waals surface area contributed by atoms with Crippen molar-refractivity contribution in [3.8, 4) is 0 Å². The van der Waals surface area contributed by atoms with Gasteiger partial charge in [-0.1, -0.05) is 18.2 Å². The molecule has 1 amide bonds. The molecule has 0 aliphatic rings.